The molecule has 154 valence electrons. The van der Waals surface area contributed by atoms with E-state index in [0.29, 0.717) is 5.56 Å². The van der Waals surface area contributed by atoms with E-state index >= 15 is 0 Å². The summed E-state index contributed by atoms with van der Waals surface area (Å²) in [5.74, 6) is -1.00. The number of anilines is 2. The number of aromatic nitrogens is 3. The zero-order chi connectivity index (χ0) is 21.4. The Morgan fingerprint density at radius 3 is 2.60 bits per heavy atom. The third-order valence-corrected chi connectivity index (χ3v) is 4.92. The van der Waals surface area contributed by atoms with Crippen LogP contribution < -0.4 is 15.6 Å². The normalized spacial score (nSPS) is 11.1. The second-order valence-corrected chi connectivity index (χ2v) is 7.09. The van der Waals surface area contributed by atoms with Crippen molar-refractivity contribution in [1.82, 2.24) is 14.5 Å². The first-order valence-corrected chi connectivity index (χ1v) is 9.31. The largest absolute Gasteiger partial charge is 0.490 e. The molecule has 0 unspecified atom stereocenters. The molecule has 6 nitrogen and oxygen atoms in total. The van der Waals surface area contributed by atoms with Gasteiger partial charge in [0.15, 0.2) is 0 Å². The van der Waals surface area contributed by atoms with Crippen molar-refractivity contribution in [2.24, 2.45) is 0 Å². The first-order chi connectivity index (χ1) is 14.4. The third-order valence-electron chi connectivity index (χ3n) is 4.92. The molecule has 0 amide bonds. The summed E-state index contributed by atoms with van der Waals surface area (Å²) in [7, 11) is 1.37. The van der Waals surface area contributed by atoms with Crippen molar-refractivity contribution >= 4 is 22.5 Å². The second kappa shape index (κ2) is 7.62. The van der Waals surface area contributed by atoms with Gasteiger partial charge in [0.2, 0.25) is 11.7 Å². The molecule has 2 aromatic carbocycles. The van der Waals surface area contributed by atoms with Crippen LogP contribution in [0.15, 0.2) is 47.4 Å². The molecule has 2 heterocycles. The van der Waals surface area contributed by atoms with Crippen LogP contribution in [0.5, 0.6) is 5.75 Å². The monoisotopic (exact) mass is 410 g/mol. The molecule has 0 atom stereocenters. The Morgan fingerprint density at radius 1 is 1.17 bits per heavy atom. The quantitative estimate of drug-likeness (QED) is 0.511. The lowest BCUT2D eigenvalue weighted by Gasteiger charge is -2.16. The summed E-state index contributed by atoms with van der Waals surface area (Å²) in [4.78, 5) is 19.6. The average molecular weight is 410 g/mol. The number of methoxy groups -OCH3 is 1. The Bertz CT molecular complexity index is 1290. The summed E-state index contributed by atoms with van der Waals surface area (Å²) in [5, 5.41) is 4.10. The summed E-state index contributed by atoms with van der Waals surface area (Å²) in [5.41, 5.74) is 2.47. The molecule has 4 aromatic rings. The maximum absolute atomic E-state index is 14.0. The van der Waals surface area contributed by atoms with Crippen molar-refractivity contribution in [2.75, 3.05) is 12.4 Å². The fraction of sp³-hybridized carbons (Fsp3) is 0.182. The Morgan fingerprint density at radius 2 is 1.90 bits per heavy atom. The Kier molecular flexibility index (Phi) is 4.99. The van der Waals surface area contributed by atoms with Gasteiger partial charge in [0, 0.05) is 22.2 Å². The smallest absolute Gasteiger partial charge is 0.316 e. The number of hydrogen-bond donors (Lipinski definition) is 2. The van der Waals surface area contributed by atoms with Gasteiger partial charge in [-0.25, -0.2) is 8.78 Å². The van der Waals surface area contributed by atoms with Gasteiger partial charge in [-0.05, 0) is 49.7 Å². The summed E-state index contributed by atoms with van der Waals surface area (Å²) in [6.45, 7) is 3.42. The summed E-state index contributed by atoms with van der Waals surface area (Å²) in [6, 6.07) is 10.2. The van der Waals surface area contributed by atoms with Gasteiger partial charge >= 0.3 is 5.56 Å². The number of ether oxygens (including phenoxy) is 1. The zero-order valence-electron chi connectivity index (χ0n) is 16.7. The molecule has 0 bridgehead atoms. The van der Waals surface area contributed by atoms with Crippen molar-refractivity contribution in [3.8, 4) is 5.75 Å². The van der Waals surface area contributed by atoms with Gasteiger partial charge in [-0.3, -0.25) is 4.79 Å². The molecule has 0 aliphatic carbocycles. The minimum Gasteiger partial charge on any atom is -0.490 e. The lowest BCUT2D eigenvalue weighted by atomic mass is 10.1. The third kappa shape index (κ3) is 3.63. The molecule has 0 aliphatic heterocycles. The minimum absolute atomic E-state index is 0.0318. The first-order valence-electron chi connectivity index (χ1n) is 9.31. The van der Waals surface area contributed by atoms with Gasteiger partial charge in [-0.1, -0.05) is 6.07 Å². The number of benzene rings is 2. The molecule has 0 saturated carbocycles. The van der Waals surface area contributed by atoms with E-state index in [2.05, 4.69) is 15.3 Å². The SMILES string of the molecule is COc1cn(Cc2cc(F)c(C)c(F)c2)c(Nc2cccc3[nH]c(C)cc23)nc1=O. The number of aromatic amines is 1. The topological polar surface area (TPSA) is 71.9 Å². The predicted octanol–water partition coefficient (Wildman–Crippen LogP) is 4.42. The van der Waals surface area contributed by atoms with Crippen molar-refractivity contribution in [3.63, 3.8) is 0 Å². The van der Waals surface area contributed by atoms with Crippen LogP contribution in [0.1, 0.15) is 16.8 Å². The van der Waals surface area contributed by atoms with Crippen molar-refractivity contribution in [3.05, 3.63) is 81.4 Å². The molecule has 0 aliphatic rings. The number of hydrogen-bond acceptors (Lipinski definition) is 4. The number of fused-ring (bicyclic) bond motifs is 1. The number of nitrogens with one attached hydrogen (secondary N) is 2. The van der Waals surface area contributed by atoms with Crippen molar-refractivity contribution < 1.29 is 13.5 Å². The van der Waals surface area contributed by atoms with E-state index in [9.17, 15) is 13.6 Å². The Hall–Kier alpha value is -3.68. The molecule has 8 heteroatoms. The van der Waals surface area contributed by atoms with Gasteiger partial charge < -0.3 is 19.6 Å². The molecule has 4 rings (SSSR count). The lowest BCUT2D eigenvalue weighted by molar-refractivity contribution is 0.402. The van der Waals surface area contributed by atoms with E-state index in [-0.39, 0.29) is 23.8 Å². The van der Waals surface area contributed by atoms with E-state index in [0.717, 1.165) is 22.3 Å². The Labute approximate surface area is 171 Å². The average Bonchev–Trinajstić information content (AvgIpc) is 3.09. The van der Waals surface area contributed by atoms with Crippen molar-refractivity contribution in [1.29, 1.82) is 0 Å². The molecule has 0 fully saturated rings. The van der Waals surface area contributed by atoms with E-state index in [1.807, 2.05) is 31.2 Å². The van der Waals surface area contributed by atoms with Crippen LogP contribution in [0, 0.1) is 25.5 Å². The molecule has 0 saturated heterocycles. The number of aryl methyl sites for hydroxylation is 1. The van der Waals surface area contributed by atoms with Crippen LogP contribution in [0.2, 0.25) is 0 Å². The maximum Gasteiger partial charge on any atom is 0.316 e. The highest BCUT2D eigenvalue weighted by Gasteiger charge is 2.14. The lowest BCUT2D eigenvalue weighted by Crippen LogP contribution is -2.19. The fourth-order valence-electron chi connectivity index (χ4n) is 3.34. The minimum atomic E-state index is -0.631. The molecule has 2 N–H and O–H groups in total. The van der Waals surface area contributed by atoms with Gasteiger partial charge in [0.05, 0.1) is 25.5 Å². The van der Waals surface area contributed by atoms with Crippen LogP contribution in [0.25, 0.3) is 10.9 Å². The van der Waals surface area contributed by atoms with Crippen LogP contribution in [-0.4, -0.2) is 21.6 Å². The molecule has 0 spiro atoms. The summed E-state index contributed by atoms with van der Waals surface area (Å²) < 4.78 is 34.7. The van der Waals surface area contributed by atoms with Gasteiger partial charge in [0.1, 0.15) is 11.6 Å². The summed E-state index contributed by atoms with van der Waals surface area (Å²) >= 11 is 0. The molecule has 0 radical (unpaired) electrons. The van der Waals surface area contributed by atoms with E-state index in [1.165, 1.54) is 32.4 Å². The van der Waals surface area contributed by atoms with E-state index in [1.54, 1.807) is 4.57 Å². The van der Waals surface area contributed by atoms with Gasteiger partial charge in [0.25, 0.3) is 0 Å². The number of rotatable bonds is 5. The maximum atomic E-state index is 14.0. The van der Waals surface area contributed by atoms with Gasteiger partial charge in [-0.15, -0.1) is 0 Å². The zero-order valence-corrected chi connectivity index (χ0v) is 16.7. The number of H-pyrrole nitrogens is 1. The molecule has 2 aromatic heterocycles. The Balaban J connectivity index is 1.79. The highest BCUT2D eigenvalue weighted by atomic mass is 19.1. The predicted molar refractivity (Wildman–Crippen MR) is 112 cm³/mol. The highest BCUT2D eigenvalue weighted by molar-refractivity contribution is 5.93. The molecular formula is C22H20F2N4O2. The summed E-state index contributed by atoms with van der Waals surface area (Å²) in [6.07, 6.45) is 1.47. The van der Waals surface area contributed by atoms with E-state index in [4.69, 9.17) is 4.74 Å². The highest BCUT2D eigenvalue weighted by Crippen LogP contribution is 2.27. The standard InChI is InChI=1S/C22H20F2N4O2/c1-12-7-15-18(25-12)5-4-6-19(15)26-22-27-21(29)20(30-3)11-28(22)10-14-8-16(23)13(2)17(24)9-14/h4-9,11,25H,10H2,1-3H3,(H,26,27,29). The van der Waals surface area contributed by atoms with E-state index < -0.39 is 17.2 Å². The van der Waals surface area contributed by atoms with Crippen LogP contribution in [-0.2, 0) is 6.54 Å². The van der Waals surface area contributed by atoms with Crippen LogP contribution in [0.4, 0.5) is 20.4 Å². The molecule has 30 heavy (non-hydrogen) atoms. The number of nitrogens with zero attached hydrogens (tertiary/aromatic N) is 2. The second-order valence-electron chi connectivity index (χ2n) is 7.09. The fourth-order valence-corrected chi connectivity index (χ4v) is 3.34. The van der Waals surface area contributed by atoms with Crippen LogP contribution >= 0.6 is 0 Å². The van der Waals surface area contributed by atoms with Crippen molar-refractivity contribution in [2.45, 2.75) is 20.4 Å². The number of halogens is 2. The molecular weight excluding hydrogens is 390 g/mol. The first kappa shape index (κ1) is 19.6. The van der Waals surface area contributed by atoms with Gasteiger partial charge in [-0.2, -0.15) is 4.98 Å². The van der Waals surface area contributed by atoms with Crippen LogP contribution in [0.3, 0.4) is 0 Å².